The van der Waals surface area contributed by atoms with E-state index in [1.165, 1.54) is 5.48 Å². The van der Waals surface area contributed by atoms with Gasteiger partial charge in [-0.15, -0.1) is 9.05 Å². The van der Waals surface area contributed by atoms with Gasteiger partial charge in [0, 0.05) is 4.57 Å². The van der Waals surface area contributed by atoms with Gasteiger partial charge in [-0.3, -0.25) is 10.0 Å². The minimum Gasteiger partial charge on any atom is -0.289 e. The van der Waals surface area contributed by atoms with Crippen molar-refractivity contribution in [2.24, 2.45) is 5.92 Å². The van der Waals surface area contributed by atoms with Gasteiger partial charge >= 0.3 is 8.25 Å². The van der Waals surface area contributed by atoms with Crippen LogP contribution in [0.25, 0.3) is 0 Å². The highest BCUT2D eigenvalue weighted by atomic mass is 31.1. The first kappa shape index (κ1) is 13.4. The molecule has 2 N–H and O–H groups in total. The lowest BCUT2D eigenvalue weighted by Crippen LogP contribution is -2.19. The first-order chi connectivity index (χ1) is 6.56. The van der Waals surface area contributed by atoms with E-state index >= 15 is 0 Å². The van der Waals surface area contributed by atoms with Gasteiger partial charge in [-0.1, -0.05) is 13.8 Å². The van der Waals surface area contributed by atoms with Crippen LogP contribution < -0.4 is 5.48 Å². The van der Waals surface area contributed by atoms with E-state index in [4.69, 9.17) is 9.73 Å². The molecule has 1 atom stereocenters. The summed E-state index contributed by atoms with van der Waals surface area (Å²) in [5.74, 6) is -0.310. The number of rotatable bonds is 7. The van der Waals surface area contributed by atoms with E-state index < -0.39 is 14.2 Å². The van der Waals surface area contributed by atoms with Crippen molar-refractivity contribution in [3.63, 3.8) is 0 Å². The smallest absolute Gasteiger partial charge is 0.289 e. The molecule has 0 saturated heterocycles. The summed E-state index contributed by atoms with van der Waals surface area (Å²) in [6, 6.07) is 0. The zero-order chi connectivity index (χ0) is 11.0. The Labute approximate surface area is 83.5 Å². The zero-order valence-electron chi connectivity index (χ0n) is 8.23. The van der Waals surface area contributed by atoms with E-state index in [1.54, 1.807) is 0 Å². The van der Waals surface area contributed by atoms with Crippen molar-refractivity contribution in [2.75, 3.05) is 13.2 Å². The summed E-state index contributed by atoms with van der Waals surface area (Å²) in [6.45, 7) is 4.14. The first-order valence-electron chi connectivity index (χ1n) is 4.22. The van der Waals surface area contributed by atoms with E-state index in [0.29, 0.717) is 6.61 Å². The van der Waals surface area contributed by atoms with Crippen LogP contribution in [0, 0.1) is 5.92 Å². The monoisotopic (exact) mass is 224 g/mol. The Kier molecular flexibility index (Phi) is 7.51. The van der Waals surface area contributed by atoms with Crippen LogP contribution in [0.1, 0.15) is 20.3 Å². The molecule has 7 heteroatoms. The van der Waals surface area contributed by atoms with Crippen molar-refractivity contribution >= 4 is 14.2 Å². The minimum absolute atomic E-state index is 0.0420. The summed E-state index contributed by atoms with van der Waals surface area (Å²) in [5.41, 5.74) is 1.43. The highest BCUT2D eigenvalue weighted by Crippen LogP contribution is 2.24. The molecule has 0 aromatic rings. The number of nitrogens with one attached hydrogen (secondary N) is 1. The van der Waals surface area contributed by atoms with Crippen LogP contribution in [0.4, 0.5) is 0 Å². The number of amides is 1. The molecule has 0 aliphatic rings. The van der Waals surface area contributed by atoms with Gasteiger partial charge in [0.1, 0.15) is 13.2 Å². The fourth-order valence-corrected chi connectivity index (χ4v) is 1.25. The molecule has 0 aromatic heterocycles. The summed E-state index contributed by atoms with van der Waals surface area (Å²) in [6.07, 6.45) is -0.0530. The quantitative estimate of drug-likeness (QED) is 0.386. The summed E-state index contributed by atoms with van der Waals surface area (Å²) >= 11 is 0. The third kappa shape index (κ3) is 8.07. The molecule has 0 heterocycles. The second-order valence-electron chi connectivity index (χ2n) is 3.03. The predicted molar refractivity (Wildman–Crippen MR) is 48.9 cm³/mol. The molecular weight excluding hydrogens is 209 g/mol. The maximum Gasteiger partial charge on any atom is 0.697 e. The molecule has 6 nitrogen and oxygen atoms in total. The maximum atomic E-state index is 10.9. The van der Waals surface area contributed by atoms with Crippen LogP contribution in [0.3, 0.4) is 0 Å². The van der Waals surface area contributed by atoms with E-state index in [0.717, 1.165) is 0 Å². The minimum atomic E-state index is -2.16. The Morgan fingerprint density at radius 3 is 2.64 bits per heavy atom. The normalized spacial score (nSPS) is 11.6. The van der Waals surface area contributed by atoms with Crippen LogP contribution in [0.15, 0.2) is 0 Å². The fourth-order valence-electron chi connectivity index (χ4n) is 0.516. The SMILES string of the molecule is CC(C)CO[P+](=O)OCCC(=O)NO. The highest BCUT2D eigenvalue weighted by Gasteiger charge is 2.20. The lowest BCUT2D eigenvalue weighted by atomic mass is 10.2. The second-order valence-corrected chi connectivity index (χ2v) is 4.00. The molecule has 0 aliphatic carbocycles. The standard InChI is InChI=1S/C7H14NO5P/c1-6(2)5-13-14(11)12-4-3-7(9)8-10/h6H,3-5H2,1-2H3,(H-,8,9,10)/p+1. The Morgan fingerprint density at radius 2 is 2.14 bits per heavy atom. The van der Waals surface area contributed by atoms with Crippen molar-refractivity contribution < 1.29 is 23.6 Å². The van der Waals surface area contributed by atoms with E-state index in [2.05, 4.69) is 4.52 Å². The Bertz CT molecular complexity index is 197. The molecule has 0 saturated carbocycles. The molecule has 0 aromatic carbocycles. The van der Waals surface area contributed by atoms with Gasteiger partial charge in [0.2, 0.25) is 5.91 Å². The van der Waals surface area contributed by atoms with Gasteiger partial charge in [-0.2, -0.15) is 0 Å². The summed E-state index contributed by atoms with van der Waals surface area (Å²) in [4.78, 5) is 10.5. The van der Waals surface area contributed by atoms with Crippen molar-refractivity contribution in [2.45, 2.75) is 20.3 Å². The molecule has 0 spiro atoms. The Morgan fingerprint density at radius 1 is 1.50 bits per heavy atom. The van der Waals surface area contributed by atoms with Crippen LogP contribution in [0.5, 0.6) is 0 Å². The molecule has 0 rings (SSSR count). The summed E-state index contributed by atoms with van der Waals surface area (Å²) in [7, 11) is -2.16. The van der Waals surface area contributed by atoms with Crippen LogP contribution in [-0.4, -0.2) is 24.3 Å². The zero-order valence-corrected chi connectivity index (χ0v) is 9.12. The lowest BCUT2D eigenvalue weighted by molar-refractivity contribution is -0.129. The van der Waals surface area contributed by atoms with Gasteiger partial charge in [-0.05, 0) is 5.92 Å². The molecule has 0 bridgehead atoms. The molecule has 0 aliphatic heterocycles. The van der Waals surface area contributed by atoms with Crippen LogP contribution in [0.2, 0.25) is 0 Å². The van der Waals surface area contributed by atoms with Crippen molar-refractivity contribution in [3.8, 4) is 0 Å². The third-order valence-electron chi connectivity index (χ3n) is 1.16. The first-order valence-corrected chi connectivity index (χ1v) is 5.31. The molecule has 0 fully saturated rings. The highest BCUT2D eigenvalue weighted by molar-refractivity contribution is 7.33. The topological polar surface area (TPSA) is 84.9 Å². The average Bonchev–Trinajstić information content (AvgIpc) is 2.14. The van der Waals surface area contributed by atoms with Crippen molar-refractivity contribution in [1.29, 1.82) is 0 Å². The average molecular weight is 224 g/mol. The number of hydrogen-bond acceptors (Lipinski definition) is 5. The molecule has 0 radical (unpaired) electrons. The van der Waals surface area contributed by atoms with Gasteiger partial charge in [0.15, 0.2) is 0 Å². The lowest BCUT2D eigenvalue weighted by Gasteiger charge is -1.95. The molecule has 1 amide bonds. The number of carbonyl (C=O) groups excluding carboxylic acids is 1. The van der Waals surface area contributed by atoms with Gasteiger partial charge in [0.25, 0.3) is 0 Å². The van der Waals surface area contributed by atoms with Gasteiger partial charge in [0.05, 0.1) is 6.42 Å². The van der Waals surface area contributed by atoms with Crippen molar-refractivity contribution in [1.82, 2.24) is 5.48 Å². The van der Waals surface area contributed by atoms with Gasteiger partial charge in [-0.25, -0.2) is 5.48 Å². The number of hydrogen-bond donors (Lipinski definition) is 2. The fraction of sp³-hybridized carbons (Fsp3) is 0.857. The van der Waals surface area contributed by atoms with Gasteiger partial charge < -0.3 is 0 Å². The Hall–Kier alpha value is -0.550. The Balaban J connectivity index is 3.40. The molecule has 1 unspecified atom stereocenters. The summed E-state index contributed by atoms with van der Waals surface area (Å²) in [5, 5.41) is 8.12. The number of carbonyl (C=O) groups is 1. The van der Waals surface area contributed by atoms with Crippen molar-refractivity contribution in [3.05, 3.63) is 0 Å². The maximum absolute atomic E-state index is 10.9. The summed E-state index contributed by atoms with van der Waals surface area (Å²) < 4.78 is 20.4. The predicted octanol–water partition coefficient (Wildman–Crippen LogP) is 1.23. The van der Waals surface area contributed by atoms with Crippen LogP contribution >= 0.6 is 8.25 Å². The molecular formula is C7H15NO5P+. The molecule has 82 valence electrons. The third-order valence-corrected chi connectivity index (χ3v) is 1.92. The number of hydroxylamine groups is 1. The van der Waals surface area contributed by atoms with E-state index in [1.807, 2.05) is 13.8 Å². The van der Waals surface area contributed by atoms with E-state index in [-0.39, 0.29) is 18.9 Å². The largest absolute Gasteiger partial charge is 0.697 e. The van der Waals surface area contributed by atoms with Crippen LogP contribution in [-0.2, 0) is 18.4 Å². The second kappa shape index (κ2) is 7.82. The molecule has 14 heavy (non-hydrogen) atoms. The van der Waals surface area contributed by atoms with E-state index in [9.17, 15) is 9.36 Å².